The van der Waals surface area contributed by atoms with E-state index in [1.807, 2.05) is 20.0 Å². The quantitative estimate of drug-likeness (QED) is 0.748. The lowest BCUT2D eigenvalue weighted by Gasteiger charge is -2.11. The zero-order chi connectivity index (χ0) is 12.1. The summed E-state index contributed by atoms with van der Waals surface area (Å²) in [5.74, 6) is 1.74. The number of nitrogens with zero attached hydrogens (tertiary/aromatic N) is 2. The van der Waals surface area contributed by atoms with Crippen molar-refractivity contribution < 1.29 is 0 Å². The lowest BCUT2D eigenvalue weighted by Crippen LogP contribution is -2.21. The van der Waals surface area contributed by atoms with Gasteiger partial charge in [0.05, 0.1) is 5.69 Å². The third-order valence-corrected chi connectivity index (χ3v) is 2.42. The topological polar surface area (TPSA) is 29.9 Å². The number of rotatable bonds is 6. The van der Waals surface area contributed by atoms with Crippen LogP contribution in [0.3, 0.4) is 0 Å². The van der Waals surface area contributed by atoms with Crippen molar-refractivity contribution in [3.05, 3.63) is 29.9 Å². The number of hydrogen-bond donors (Lipinski definition) is 1. The summed E-state index contributed by atoms with van der Waals surface area (Å²) in [6, 6.07) is 0. The molecule has 1 aromatic rings. The lowest BCUT2D eigenvalue weighted by molar-refractivity contribution is 0.537. The average molecular weight is 221 g/mol. The molecule has 1 aromatic heterocycles. The fourth-order valence-electron chi connectivity index (χ4n) is 1.63. The van der Waals surface area contributed by atoms with E-state index in [0.29, 0.717) is 5.92 Å². The van der Waals surface area contributed by atoms with Crippen LogP contribution in [0, 0.1) is 12.8 Å². The van der Waals surface area contributed by atoms with Crippen LogP contribution >= 0.6 is 0 Å². The molecule has 0 saturated heterocycles. The van der Waals surface area contributed by atoms with Crippen molar-refractivity contribution in [2.75, 3.05) is 6.54 Å². The average Bonchev–Trinajstić information content (AvgIpc) is 2.48. The third kappa shape index (κ3) is 3.81. The summed E-state index contributed by atoms with van der Waals surface area (Å²) in [4.78, 5) is 4.35. The molecule has 0 saturated carbocycles. The second-order valence-corrected chi connectivity index (χ2v) is 4.86. The van der Waals surface area contributed by atoms with E-state index in [1.54, 1.807) is 0 Å². The maximum absolute atomic E-state index is 4.35. The minimum atomic E-state index is 0.679. The summed E-state index contributed by atoms with van der Waals surface area (Å²) in [7, 11) is 0. The molecule has 0 bridgehead atoms. The lowest BCUT2D eigenvalue weighted by atomic mass is 10.2. The molecule has 0 aliphatic carbocycles. The Morgan fingerprint density at radius 2 is 2.25 bits per heavy atom. The number of imidazole rings is 1. The van der Waals surface area contributed by atoms with E-state index in [9.17, 15) is 0 Å². The van der Waals surface area contributed by atoms with E-state index in [4.69, 9.17) is 0 Å². The molecule has 0 aliphatic heterocycles. The highest BCUT2D eigenvalue weighted by molar-refractivity contribution is 5.07. The molecule has 0 aromatic carbocycles. The Labute approximate surface area is 98.6 Å². The third-order valence-electron chi connectivity index (χ3n) is 2.42. The molecule has 1 N–H and O–H groups in total. The second kappa shape index (κ2) is 5.85. The highest BCUT2D eigenvalue weighted by Crippen LogP contribution is 2.07. The van der Waals surface area contributed by atoms with E-state index in [2.05, 4.69) is 35.3 Å². The van der Waals surface area contributed by atoms with Gasteiger partial charge in [0.15, 0.2) is 0 Å². The Balaban J connectivity index is 2.61. The summed E-state index contributed by atoms with van der Waals surface area (Å²) < 4.78 is 2.22. The molecule has 0 fully saturated rings. The number of hydrogen-bond acceptors (Lipinski definition) is 2. The monoisotopic (exact) mass is 221 g/mol. The summed E-state index contributed by atoms with van der Waals surface area (Å²) in [6.07, 6.45) is 1.95. The van der Waals surface area contributed by atoms with E-state index in [0.717, 1.165) is 31.0 Å². The largest absolute Gasteiger partial charge is 0.327 e. The van der Waals surface area contributed by atoms with E-state index in [-0.39, 0.29) is 0 Å². The molecule has 90 valence electrons. The highest BCUT2D eigenvalue weighted by atomic mass is 15.1. The highest BCUT2D eigenvalue weighted by Gasteiger charge is 2.06. The first-order chi connectivity index (χ1) is 7.50. The number of nitrogens with one attached hydrogen (secondary N) is 1. The Hall–Kier alpha value is -1.09. The van der Waals surface area contributed by atoms with E-state index in [1.165, 1.54) is 5.69 Å². The number of allylic oxidation sites excluding steroid dienone is 1. The molecule has 0 radical (unpaired) electrons. The second-order valence-electron chi connectivity index (χ2n) is 4.86. The van der Waals surface area contributed by atoms with Gasteiger partial charge in [-0.05, 0) is 26.3 Å². The van der Waals surface area contributed by atoms with Crippen molar-refractivity contribution in [3.63, 3.8) is 0 Å². The SMILES string of the molecule is C=C(C)Cn1c(CNCC(C)C)cnc1C. The molecule has 16 heavy (non-hydrogen) atoms. The van der Waals surface area contributed by atoms with Crippen molar-refractivity contribution in [1.29, 1.82) is 0 Å². The summed E-state index contributed by atoms with van der Waals surface area (Å²) in [6.45, 7) is 15.2. The van der Waals surface area contributed by atoms with Gasteiger partial charge < -0.3 is 9.88 Å². The zero-order valence-electron chi connectivity index (χ0n) is 10.9. The maximum atomic E-state index is 4.35. The zero-order valence-corrected chi connectivity index (χ0v) is 10.9. The van der Waals surface area contributed by atoms with Gasteiger partial charge in [-0.2, -0.15) is 0 Å². The van der Waals surface area contributed by atoms with Crippen LogP contribution in [0.1, 0.15) is 32.3 Å². The molecular weight excluding hydrogens is 198 g/mol. The van der Waals surface area contributed by atoms with Gasteiger partial charge in [-0.25, -0.2) is 4.98 Å². The van der Waals surface area contributed by atoms with Crippen molar-refractivity contribution in [2.45, 2.75) is 40.8 Å². The summed E-state index contributed by atoms with van der Waals surface area (Å²) >= 11 is 0. The van der Waals surface area contributed by atoms with Gasteiger partial charge in [0.2, 0.25) is 0 Å². The van der Waals surface area contributed by atoms with E-state index >= 15 is 0 Å². The van der Waals surface area contributed by atoms with E-state index < -0.39 is 0 Å². The Kier molecular flexibility index (Phi) is 4.74. The molecule has 0 amide bonds. The van der Waals surface area contributed by atoms with Crippen molar-refractivity contribution in [2.24, 2.45) is 5.92 Å². The Bertz CT molecular complexity index is 350. The maximum Gasteiger partial charge on any atom is 0.106 e. The fourth-order valence-corrected chi connectivity index (χ4v) is 1.63. The van der Waals surface area contributed by atoms with Crippen LogP contribution in [0.4, 0.5) is 0 Å². The first-order valence-electron chi connectivity index (χ1n) is 5.86. The first kappa shape index (κ1) is 13.0. The van der Waals surface area contributed by atoms with Crippen LogP contribution in [0.2, 0.25) is 0 Å². The number of aromatic nitrogens is 2. The minimum Gasteiger partial charge on any atom is -0.327 e. The van der Waals surface area contributed by atoms with Gasteiger partial charge in [0.1, 0.15) is 5.82 Å². The van der Waals surface area contributed by atoms with Crippen LogP contribution in [0.15, 0.2) is 18.3 Å². The smallest absolute Gasteiger partial charge is 0.106 e. The standard InChI is InChI=1S/C13H23N3/c1-10(2)6-14-7-13-8-15-12(5)16(13)9-11(3)4/h8,10,14H,3,6-7,9H2,1-2,4-5H3. The minimum absolute atomic E-state index is 0.679. The normalized spacial score (nSPS) is 11.1. The van der Waals surface area contributed by atoms with Crippen molar-refractivity contribution in [1.82, 2.24) is 14.9 Å². The molecule has 0 unspecified atom stereocenters. The molecule has 0 atom stereocenters. The summed E-state index contributed by atoms with van der Waals surface area (Å²) in [5, 5.41) is 3.44. The van der Waals surface area contributed by atoms with Crippen LogP contribution in [0.5, 0.6) is 0 Å². The van der Waals surface area contributed by atoms with Gasteiger partial charge >= 0.3 is 0 Å². The fraction of sp³-hybridized carbons (Fsp3) is 0.615. The Morgan fingerprint density at radius 1 is 1.56 bits per heavy atom. The van der Waals surface area contributed by atoms with Gasteiger partial charge in [0.25, 0.3) is 0 Å². The first-order valence-corrected chi connectivity index (χ1v) is 5.86. The van der Waals surface area contributed by atoms with Crippen molar-refractivity contribution in [3.8, 4) is 0 Å². The predicted octanol–water partition coefficient (Wildman–Crippen LogP) is 2.51. The van der Waals surface area contributed by atoms with Gasteiger partial charge in [-0.3, -0.25) is 0 Å². The number of aryl methyl sites for hydroxylation is 1. The van der Waals surface area contributed by atoms with Gasteiger partial charge in [0, 0.05) is 19.3 Å². The Morgan fingerprint density at radius 3 is 2.81 bits per heavy atom. The van der Waals surface area contributed by atoms with Gasteiger partial charge in [-0.1, -0.05) is 26.0 Å². The molecule has 1 heterocycles. The molecule has 0 spiro atoms. The predicted molar refractivity (Wildman–Crippen MR) is 68.3 cm³/mol. The molecule has 3 nitrogen and oxygen atoms in total. The van der Waals surface area contributed by atoms with Gasteiger partial charge in [-0.15, -0.1) is 0 Å². The molecule has 0 aliphatic rings. The molecular formula is C13H23N3. The van der Waals surface area contributed by atoms with Crippen LogP contribution < -0.4 is 5.32 Å². The van der Waals surface area contributed by atoms with Crippen LogP contribution in [-0.4, -0.2) is 16.1 Å². The van der Waals surface area contributed by atoms with Crippen molar-refractivity contribution >= 4 is 0 Å². The molecule has 1 rings (SSSR count). The van der Waals surface area contributed by atoms with Crippen LogP contribution in [-0.2, 0) is 13.1 Å². The summed E-state index contributed by atoms with van der Waals surface area (Å²) in [5.41, 5.74) is 2.40. The molecule has 3 heteroatoms. The van der Waals surface area contributed by atoms with Crippen LogP contribution in [0.25, 0.3) is 0 Å².